The second kappa shape index (κ2) is 7.88. The van der Waals surface area contributed by atoms with E-state index >= 15 is 0 Å². The van der Waals surface area contributed by atoms with Gasteiger partial charge in [0.15, 0.2) is 5.78 Å². The van der Waals surface area contributed by atoms with Crippen molar-refractivity contribution in [1.29, 1.82) is 5.26 Å². The van der Waals surface area contributed by atoms with Crippen molar-refractivity contribution in [2.45, 2.75) is 57.3 Å². The van der Waals surface area contributed by atoms with Crippen molar-refractivity contribution in [1.82, 2.24) is 5.32 Å². The third-order valence-corrected chi connectivity index (χ3v) is 5.00. The van der Waals surface area contributed by atoms with Gasteiger partial charge in [0.1, 0.15) is 6.04 Å². The van der Waals surface area contributed by atoms with Gasteiger partial charge in [0.05, 0.1) is 17.5 Å². The van der Waals surface area contributed by atoms with Crippen LogP contribution in [0.5, 0.6) is 0 Å². The maximum atomic E-state index is 13.5. The summed E-state index contributed by atoms with van der Waals surface area (Å²) in [5.74, 6) is -0.313. The van der Waals surface area contributed by atoms with Crippen molar-refractivity contribution in [2.24, 2.45) is 5.41 Å². The Labute approximate surface area is 153 Å². The zero-order valence-corrected chi connectivity index (χ0v) is 15.5. The minimum absolute atomic E-state index is 0.0199. The molecule has 2 rings (SSSR count). The molecule has 0 aromatic heterocycles. The minimum atomic E-state index is -4.52. The molecular formula is C18H20BrF3N2O. The van der Waals surface area contributed by atoms with Crippen molar-refractivity contribution >= 4 is 21.7 Å². The number of hydrogen-bond donors (Lipinski definition) is 1. The van der Waals surface area contributed by atoms with Crippen LogP contribution in [0, 0.1) is 16.7 Å². The predicted molar refractivity (Wildman–Crippen MR) is 91.7 cm³/mol. The molecule has 25 heavy (non-hydrogen) atoms. The normalized spacial score (nSPS) is 18.2. The Morgan fingerprint density at radius 1 is 1.36 bits per heavy atom. The van der Waals surface area contributed by atoms with Crippen molar-refractivity contribution in [3.05, 3.63) is 34.3 Å². The van der Waals surface area contributed by atoms with Crippen molar-refractivity contribution < 1.29 is 18.0 Å². The highest BCUT2D eigenvalue weighted by atomic mass is 79.9. The number of ketones is 1. The lowest BCUT2D eigenvalue weighted by Gasteiger charge is -2.27. The Bertz CT molecular complexity index is 648. The van der Waals surface area contributed by atoms with Gasteiger partial charge in [-0.05, 0) is 37.0 Å². The second-order valence-electron chi connectivity index (χ2n) is 6.57. The summed E-state index contributed by atoms with van der Waals surface area (Å²) in [5, 5.41) is 11.6. The molecule has 1 fully saturated rings. The molecule has 1 N–H and O–H groups in total. The Hall–Kier alpha value is -1.39. The number of alkyl halides is 3. The maximum Gasteiger partial charge on any atom is 0.407 e. The van der Waals surface area contributed by atoms with Gasteiger partial charge in [-0.25, -0.2) is 0 Å². The molecule has 1 aliphatic rings. The van der Waals surface area contributed by atoms with E-state index in [1.807, 2.05) is 6.92 Å². The molecule has 0 bridgehead atoms. The van der Waals surface area contributed by atoms with Gasteiger partial charge in [0.25, 0.3) is 0 Å². The third kappa shape index (κ3) is 5.29. The average molecular weight is 417 g/mol. The van der Waals surface area contributed by atoms with Gasteiger partial charge in [-0.15, -0.1) is 0 Å². The fourth-order valence-corrected chi connectivity index (χ4v) is 3.06. The van der Waals surface area contributed by atoms with Crippen LogP contribution in [-0.2, 0) is 4.79 Å². The zero-order chi connectivity index (χ0) is 18.7. The van der Waals surface area contributed by atoms with Crippen LogP contribution in [0.4, 0.5) is 13.2 Å². The Morgan fingerprint density at radius 2 is 1.96 bits per heavy atom. The quantitative estimate of drug-likeness (QED) is 0.643. The number of Topliss-reactive ketones (excluding diaryl/α,β-unsaturated/α-hetero) is 1. The summed E-state index contributed by atoms with van der Waals surface area (Å²) < 4.78 is 41.3. The van der Waals surface area contributed by atoms with Crippen LogP contribution in [0.15, 0.2) is 28.7 Å². The summed E-state index contributed by atoms with van der Waals surface area (Å²) in [6.07, 6.45) is -2.33. The van der Waals surface area contributed by atoms with Gasteiger partial charge >= 0.3 is 6.18 Å². The van der Waals surface area contributed by atoms with Gasteiger partial charge in [0, 0.05) is 10.9 Å². The van der Waals surface area contributed by atoms with Crippen LogP contribution in [-0.4, -0.2) is 18.0 Å². The molecule has 0 unspecified atom stereocenters. The van der Waals surface area contributed by atoms with E-state index in [-0.39, 0.29) is 17.8 Å². The predicted octanol–water partition coefficient (Wildman–Crippen LogP) is 5.07. The second-order valence-corrected chi connectivity index (χ2v) is 7.49. The van der Waals surface area contributed by atoms with E-state index < -0.39 is 23.7 Å². The summed E-state index contributed by atoms with van der Waals surface area (Å²) in [4.78, 5) is 12.5. The van der Waals surface area contributed by atoms with Gasteiger partial charge in [-0.2, -0.15) is 18.4 Å². The lowest BCUT2D eigenvalue weighted by Crippen LogP contribution is -2.45. The Balaban J connectivity index is 2.19. The molecule has 0 heterocycles. The van der Waals surface area contributed by atoms with Crippen molar-refractivity contribution in [3.8, 4) is 6.07 Å². The lowest BCUT2D eigenvalue weighted by molar-refractivity contribution is -0.160. The first-order chi connectivity index (χ1) is 11.7. The van der Waals surface area contributed by atoms with Crippen LogP contribution >= 0.6 is 15.9 Å². The lowest BCUT2D eigenvalue weighted by atomic mass is 9.94. The number of rotatable bonds is 8. The smallest absolute Gasteiger partial charge is 0.298 e. The fourth-order valence-electron chi connectivity index (χ4n) is 2.80. The number of carbonyl (C=O) groups excluding carboxylic acids is 1. The maximum absolute atomic E-state index is 13.5. The molecule has 1 aromatic carbocycles. The fraction of sp³-hybridized carbons (Fsp3) is 0.556. The van der Waals surface area contributed by atoms with E-state index in [2.05, 4.69) is 27.3 Å². The molecule has 0 saturated heterocycles. The number of nitrogens with one attached hydrogen (secondary N) is 1. The molecule has 1 saturated carbocycles. The third-order valence-electron chi connectivity index (χ3n) is 4.47. The Morgan fingerprint density at radius 3 is 2.40 bits per heavy atom. The molecular weight excluding hydrogens is 397 g/mol. The summed E-state index contributed by atoms with van der Waals surface area (Å²) in [6.45, 7) is 1.82. The Kier molecular flexibility index (Phi) is 6.28. The number of carbonyl (C=O) groups is 1. The van der Waals surface area contributed by atoms with Gasteiger partial charge in [0.2, 0.25) is 0 Å². The number of nitrogens with zero attached hydrogens (tertiary/aromatic N) is 1. The molecule has 2 atom stereocenters. The summed E-state index contributed by atoms with van der Waals surface area (Å²) in [6, 6.07) is 5.16. The highest BCUT2D eigenvalue weighted by Gasteiger charge is 2.47. The summed E-state index contributed by atoms with van der Waals surface area (Å²) in [7, 11) is 0. The molecule has 136 valence electrons. The van der Waals surface area contributed by atoms with Gasteiger partial charge in [-0.1, -0.05) is 41.4 Å². The van der Waals surface area contributed by atoms with E-state index in [0.717, 1.165) is 0 Å². The van der Waals surface area contributed by atoms with E-state index in [4.69, 9.17) is 5.26 Å². The number of halogens is 4. The minimum Gasteiger partial charge on any atom is -0.298 e. The first-order valence-electron chi connectivity index (χ1n) is 8.23. The topological polar surface area (TPSA) is 52.9 Å². The van der Waals surface area contributed by atoms with Crippen molar-refractivity contribution in [3.63, 3.8) is 0 Å². The van der Waals surface area contributed by atoms with E-state index in [0.29, 0.717) is 30.2 Å². The molecule has 1 aliphatic carbocycles. The number of nitriles is 1. The van der Waals surface area contributed by atoms with Crippen LogP contribution in [0.3, 0.4) is 0 Å². The molecule has 0 aliphatic heterocycles. The molecule has 0 spiro atoms. The van der Waals surface area contributed by atoms with Crippen molar-refractivity contribution in [2.75, 3.05) is 0 Å². The van der Waals surface area contributed by atoms with Gasteiger partial charge in [-0.3, -0.25) is 10.1 Å². The largest absolute Gasteiger partial charge is 0.407 e. The van der Waals surface area contributed by atoms with Crippen LogP contribution in [0.1, 0.15) is 50.6 Å². The van der Waals surface area contributed by atoms with E-state index in [1.54, 1.807) is 12.1 Å². The average Bonchev–Trinajstić information content (AvgIpc) is 3.31. The summed E-state index contributed by atoms with van der Waals surface area (Å²) >= 11 is 3.21. The first kappa shape index (κ1) is 19.9. The van der Waals surface area contributed by atoms with Crippen LogP contribution in [0.25, 0.3) is 0 Å². The van der Waals surface area contributed by atoms with E-state index in [1.165, 1.54) is 12.1 Å². The standard InChI is InChI=1S/C18H20BrF3N2O/c1-2-3-14(15(25)10-17(11-23)8-9-17)24-16(18(20,21)22)12-4-6-13(19)7-5-12/h4-7,14,16,24H,2-3,8-10H2,1H3/t14-,16-/m0/s1. The molecule has 7 heteroatoms. The van der Waals surface area contributed by atoms with E-state index in [9.17, 15) is 18.0 Å². The zero-order valence-electron chi connectivity index (χ0n) is 13.9. The SMILES string of the molecule is CCC[C@H](N[C@@H](c1ccc(Br)cc1)C(F)(F)F)C(=O)CC1(C#N)CC1. The highest BCUT2D eigenvalue weighted by Crippen LogP contribution is 2.48. The molecule has 0 radical (unpaired) electrons. The number of hydrogen-bond acceptors (Lipinski definition) is 3. The highest BCUT2D eigenvalue weighted by molar-refractivity contribution is 9.10. The van der Waals surface area contributed by atoms with Crippen LogP contribution in [0.2, 0.25) is 0 Å². The first-order valence-corrected chi connectivity index (χ1v) is 9.02. The monoisotopic (exact) mass is 416 g/mol. The van der Waals surface area contributed by atoms with Gasteiger partial charge < -0.3 is 0 Å². The molecule has 3 nitrogen and oxygen atoms in total. The molecule has 1 aromatic rings. The summed E-state index contributed by atoms with van der Waals surface area (Å²) in [5.41, 5.74) is -0.596. The molecule has 0 amide bonds. The van der Waals surface area contributed by atoms with Crippen LogP contribution < -0.4 is 5.32 Å². The number of benzene rings is 1.